The van der Waals surface area contributed by atoms with Crippen LogP contribution in [0.4, 0.5) is 0 Å². The zero-order valence-corrected chi connectivity index (χ0v) is 18.9. The van der Waals surface area contributed by atoms with Crippen LogP contribution in [0.2, 0.25) is 0 Å². The molecule has 0 aromatic rings. The van der Waals surface area contributed by atoms with Crippen molar-refractivity contribution in [2.24, 2.45) is 52.8 Å². The predicted molar refractivity (Wildman–Crippen MR) is 115 cm³/mol. The van der Waals surface area contributed by atoms with Crippen LogP contribution in [0.25, 0.3) is 0 Å². The summed E-state index contributed by atoms with van der Waals surface area (Å²) < 4.78 is 0. The number of fused-ring (bicyclic) bond motifs is 1. The molecule has 8 unspecified atom stereocenters. The van der Waals surface area contributed by atoms with Crippen LogP contribution < -0.4 is 0 Å². The zero-order valence-electron chi connectivity index (χ0n) is 18.9. The first-order chi connectivity index (χ1) is 12.3. The highest BCUT2D eigenvalue weighted by atomic mass is 14.5. The molecule has 0 N–H and O–H groups in total. The minimum absolute atomic E-state index is 0.538. The third-order valence-corrected chi connectivity index (χ3v) is 9.99. The molecule has 3 aliphatic rings. The van der Waals surface area contributed by atoms with Crippen molar-refractivity contribution in [1.29, 1.82) is 0 Å². The van der Waals surface area contributed by atoms with E-state index in [1.165, 1.54) is 44.9 Å². The van der Waals surface area contributed by atoms with Crippen molar-refractivity contribution in [2.45, 2.75) is 112 Å². The summed E-state index contributed by atoms with van der Waals surface area (Å²) in [7, 11) is 0. The first-order valence-corrected chi connectivity index (χ1v) is 12.3. The van der Waals surface area contributed by atoms with E-state index in [1.807, 2.05) is 0 Å². The molecule has 0 aromatic heterocycles. The highest BCUT2D eigenvalue weighted by molar-refractivity contribution is 4.94. The lowest BCUT2D eigenvalue weighted by atomic mass is 9.64. The Morgan fingerprint density at radius 1 is 0.923 bits per heavy atom. The summed E-state index contributed by atoms with van der Waals surface area (Å²) in [4.78, 5) is 0. The Morgan fingerprint density at radius 3 is 2.23 bits per heavy atom. The van der Waals surface area contributed by atoms with Crippen molar-refractivity contribution >= 4 is 0 Å². The predicted octanol–water partition coefficient (Wildman–Crippen LogP) is 8.35. The van der Waals surface area contributed by atoms with Crippen LogP contribution in [0.15, 0.2) is 0 Å². The van der Waals surface area contributed by atoms with Crippen LogP contribution in [-0.2, 0) is 0 Å². The summed E-state index contributed by atoms with van der Waals surface area (Å²) in [5, 5.41) is 0. The molecular formula is C26H48. The van der Waals surface area contributed by atoms with Gasteiger partial charge in [-0.05, 0) is 104 Å². The average Bonchev–Trinajstić information content (AvgIpc) is 3.20. The van der Waals surface area contributed by atoms with Gasteiger partial charge in [0.2, 0.25) is 0 Å². The van der Waals surface area contributed by atoms with E-state index in [0.717, 1.165) is 47.3 Å². The first kappa shape index (κ1) is 20.7. The summed E-state index contributed by atoms with van der Waals surface area (Å²) in [5.74, 6) is 8.28. The lowest BCUT2D eigenvalue weighted by Crippen LogP contribution is -2.32. The fraction of sp³-hybridized carbons (Fsp3) is 1.00. The maximum atomic E-state index is 2.56. The van der Waals surface area contributed by atoms with Gasteiger partial charge >= 0.3 is 0 Å². The van der Waals surface area contributed by atoms with Crippen molar-refractivity contribution in [3.63, 3.8) is 0 Å². The van der Waals surface area contributed by atoms with Gasteiger partial charge in [-0.15, -0.1) is 0 Å². The zero-order chi connectivity index (χ0) is 18.9. The first-order valence-electron chi connectivity index (χ1n) is 12.3. The van der Waals surface area contributed by atoms with Gasteiger partial charge in [-0.25, -0.2) is 0 Å². The normalized spacial score (nSPS) is 41.1. The minimum Gasteiger partial charge on any atom is -0.0651 e. The van der Waals surface area contributed by atoms with Gasteiger partial charge in [-0.2, -0.15) is 0 Å². The summed E-state index contributed by atoms with van der Waals surface area (Å²) in [6, 6.07) is 0. The lowest BCUT2D eigenvalue weighted by molar-refractivity contribution is 0.0844. The molecule has 26 heavy (non-hydrogen) atoms. The Morgan fingerprint density at radius 2 is 1.62 bits per heavy atom. The Bertz CT molecular complexity index is 435. The maximum Gasteiger partial charge on any atom is -0.0329 e. The Balaban J connectivity index is 1.40. The van der Waals surface area contributed by atoms with E-state index in [-0.39, 0.29) is 0 Å². The SMILES string of the molecule is CCC1CCC2CCC(CCC(C)C(C)(C)CCCC3CC(C)C3C)C12. The molecule has 3 fully saturated rings. The van der Waals surface area contributed by atoms with Crippen LogP contribution in [-0.4, -0.2) is 0 Å². The van der Waals surface area contributed by atoms with Gasteiger partial charge in [-0.3, -0.25) is 0 Å². The summed E-state index contributed by atoms with van der Waals surface area (Å²) in [6.45, 7) is 15.0. The van der Waals surface area contributed by atoms with E-state index in [1.54, 1.807) is 25.7 Å². The van der Waals surface area contributed by atoms with Gasteiger partial charge in [0.15, 0.2) is 0 Å². The highest BCUT2D eigenvalue weighted by Gasteiger charge is 2.44. The average molecular weight is 361 g/mol. The van der Waals surface area contributed by atoms with Crippen molar-refractivity contribution in [1.82, 2.24) is 0 Å². The molecule has 0 aromatic carbocycles. The number of rotatable bonds is 9. The van der Waals surface area contributed by atoms with Gasteiger partial charge < -0.3 is 0 Å². The van der Waals surface area contributed by atoms with E-state index in [2.05, 4.69) is 41.5 Å². The van der Waals surface area contributed by atoms with E-state index in [9.17, 15) is 0 Å². The molecule has 152 valence electrons. The molecule has 0 aliphatic heterocycles. The van der Waals surface area contributed by atoms with Crippen molar-refractivity contribution in [3.05, 3.63) is 0 Å². The quantitative estimate of drug-likeness (QED) is 0.387. The monoisotopic (exact) mass is 360 g/mol. The molecule has 0 bridgehead atoms. The van der Waals surface area contributed by atoms with Crippen LogP contribution >= 0.6 is 0 Å². The van der Waals surface area contributed by atoms with Crippen molar-refractivity contribution in [2.75, 3.05) is 0 Å². The minimum atomic E-state index is 0.538. The molecule has 3 saturated carbocycles. The molecule has 0 heterocycles. The summed E-state index contributed by atoms with van der Waals surface area (Å²) >= 11 is 0. The molecule has 0 saturated heterocycles. The molecule has 3 aliphatic carbocycles. The van der Waals surface area contributed by atoms with Crippen LogP contribution in [0.3, 0.4) is 0 Å². The molecule has 3 rings (SSSR count). The highest BCUT2D eigenvalue weighted by Crippen LogP contribution is 2.53. The molecule has 0 amide bonds. The molecule has 8 atom stereocenters. The lowest BCUT2D eigenvalue weighted by Gasteiger charge is -2.42. The molecule has 0 radical (unpaired) electrons. The second-order valence-electron chi connectivity index (χ2n) is 11.6. The van der Waals surface area contributed by atoms with Gasteiger partial charge in [0.1, 0.15) is 0 Å². The Hall–Kier alpha value is 0. The van der Waals surface area contributed by atoms with Gasteiger partial charge in [0, 0.05) is 0 Å². The maximum absolute atomic E-state index is 2.56. The van der Waals surface area contributed by atoms with Crippen molar-refractivity contribution in [3.8, 4) is 0 Å². The van der Waals surface area contributed by atoms with E-state index < -0.39 is 0 Å². The van der Waals surface area contributed by atoms with Gasteiger partial charge in [0.25, 0.3) is 0 Å². The molecule has 0 spiro atoms. The number of hydrogen-bond donors (Lipinski definition) is 0. The second-order valence-corrected chi connectivity index (χ2v) is 11.6. The summed E-state index contributed by atoms with van der Waals surface area (Å²) in [5.41, 5.74) is 0.538. The smallest absolute Gasteiger partial charge is 0.0329 e. The summed E-state index contributed by atoms with van der Waals surface area (Å²) in [6.07, 6.45) is 16.6. The standard InChI is InChI=1S/C26H48/c1-7-21-12-13-23-15-14-22(25(21)23)11-10-19(3)26(5,6)16-8-9-24-17-18(2)20(24)4/h18-25H,7-17H2,1-6H3. The molecule has 0 heteroatoms. The Labute approximate surface area is 165 Å². The van der Waals surface area contributed by atoms with Crippen LogP contribution in [0.1, 0.15) is 112 Å². The van der Waals surface area contributed by atoms with E-state index in [0.29, 0.717) is 5.41 Å². The van der Waals surface area contributed by atoms with Gasteiger partial charge in [-0.1, -0.05) is 60.8 Å². The van der Waals surface area contributed by atoms with Crippen LogP contribution in [0, 0.1) is 52.8 Å². The van der Waals surface area contributed by atoms with Crippen molar-refractivity contribution < 1.29 is 0 Å². The van der Waals surface area contributed by atoms with Crippen LogP contribution in [0.5, 0.6) is 0 Å². The van der Waals surface area contributed by atoms with Gasteiger partial charge in [0.05, 0.1) is 0 Å². The largest absolute Gasteiger partial charge is 0.0651 e. The fourth-order valence-corrected chi connectivity index (χ4v) is 7.22. The fourth-order valence-electron chi connectivity index (χ4n) is 7.22. The van der Waals surface area contributed by atoms with E-state index >= 15 is 0 Å². The Kier molecular flexibility index (Phi) is 6.83. The van der Waals surface area contributed by atoms with E-state index in [4.69, 9.17) is 0 Å². The second kappa shape index (κ2) is 8.57. The number of hydrogen-bond acceptors (Lipinski definition) is 0. The molecular weight excluding hydrogens is 312 g/mol. The topological polar surface area (TPSA) is 0 Å². The molecule has 0 nitrogen and oxygen atoms in total. The third kappa shape index (κ3) is 4.35. The third-order valence-electron chi connectivity index (χ3n) is 9.99.